The van der Waals surface area contributed by atoms with Crippen molar-refractivity contribution in [3.63, 3.8) is 0 Å². The van der Waals surface area contributed by atoms with E-state index in [9.17, 15) is 0 Å². The van der Waals surface area contributed by atoms with Gasteiger partial charge >= 0.3 is 0 Å². The normalized spacial score (nSPS) is 21.8. The Morgan fingerprint density at radius 3 is 3.12 bits per heavy atom. The quantitative estimate of drug-likeness (QED) is 0.797. The van der Waals surface area contributed by atoms with Crippen LogP contribution in [0.15, 0.2) is 5.38 Å². The van der Waals surface area contributed by atoms with E-state index >= 15 is 0 Å². The summed E-state index contributed by atoms with van der Waals surface area (Å²) in [6.07, 6.45) is 2.73. The first-order chi connectivity index (χ1) is 7.75. The van der Waals surface area contributed by atoms with Gasteiger partial charge in [-0.25, -0.2) is 4.98 Å². The molecule has 16 heavy (non-hydrogen) atoms. The van der Waals surface area contributed by atoms with Crippen LogP contribution in [0.4, 0.5) is 0 Å². The van der Waals surface area contributed by atoms with Crippen LogP contribution in [0, 0.1) is 6.92 Å². The van der Waals surface area contributed by atoms with Crippen LogP contribution >= 0.6 is 11.3 Å². The van der Waals surface area contributed by atoms with Gasteiger partial charge in [0.1, 0.15) is 5.01 Å². The smallest absolute Gasteiger partial charge is 0.107 e. The lowest BCUT2D eigenvalue weighted by Crippen LogP contribution is -2.34. The number of hydrogen-bond acceptors (Lipinski definition) is 4. The number of likely N-dealkylation sites (tertiary alicyclic amines) is 1. The molecular formula is C12H21N3S. The molecule has 1 aromatic rings. The first kappa shape index (κ1) is 12.0. The fourth-order valence-electron chi connectivity index (χ4n) is 2.23. The van der Waals surface area contributed by atoms with Crippen molar-refractivity contribution in [2.45, 2.75) is 39.3 Å². The van der Waals surface area contributed by atoms with Crippen molar-refractivity contribution in [3.8, 4) is 0 Å². The molecule has 0 bridgehead atoms. The Hall–Kier alpha value is -0.450. The van der Waals surface area contributed by atoms with Crippen molar-refractivity contribution in [2.24, 2.45) is 0 Å². The summed E-state index contributed by atoms with van der Waals surface area (Å²) in [5.41, 5.74) is 1.13. The number of nitrogens with one attached hydrogen (secondary N) is 1. The van der Waals surface area contributed by atoms with Crippen molar-refractivity contribution in [2.75, 3.05) is 19.6 Å². The maximum Gasteiger partial charge on any atom is 0.107 e. The molecule has 0 saturated carbocycles. The molecule has 1 saturated heterocycles. The van der Waals surface area contributed by atoms with Gasteiger partial charge in [0.15, 0.2) is 0 Å². The molecule has 4 heteroatoms. The molecule has 1 aliphatic rings. The highest BCUT2D eigenvalue weighted by atomic mass is 32.1. The highest BCUT2D eigenvalue weighted by Crippen LogP contribution is 2.15. The molecule has 1 atom stereocenters. The molecule has 1 fully saturated rings. The minimum absolute atomic E-state index is 0.781. The van der Waals surface area contributed by atoms with Gasteiger partial charge in [-0.3, -0.25) is 4.90 Å². The molecule has 1 N–H and O–H groups in total. The Morgan fingerprint density at radius 2 is 2.50 bits per heavy atom. The fourth-order valence-corrected chi connectivity index (χ4v) is 2.97. The fraction of sp³-hybridized carbons (Fsp3) is 0.750. The lowest BCUT2D eigenvalue weighted by molar-refractivity contribution is 0.268. The van der Waals surface area contributed by atoms with Crippen molar-refractivity contribution in [3.05, 3.63) is 16.1 Å². The van der Waals surface area contributed by atoms with Gasteiger partial charge < -0.3 is 5.32 Å². The third-order valence-electron chi connectivity index (χ3n) is 3.21. The zero-order chi connectivity index (χ0) is 11.4. The van der Waals surface area contributed by atoms with Gasteiger partial charge in [-0.05, 0) is 33.2 Å². The molecular weight excluding hydrogens is 218 g/mol. The Balaban J connectivity index is 1.61. The largest absolute Gasteiger partial charge is 0.309 e. The number of aryl methyl sites for hydroxylation is 1. The van der Waals surface area contributed by atoms with E-state index in [2.05, 4.69) is 27.5 Å². The molecule has 1 aliphatic heterocycles. The number of nitrogens with zero attached hydrogens (tertiary/aromatic N) is 2. The average Bonchev–Trinajstić information content (AvgIpc) is 2.83. The van der Waals surface area contributed by atoms with Crippen LogP contribution in [0.2, 0.25) is 0 Å². The summed E-state index contributed by atoms with van der Waals surface area (Å²) in [5, 5.41) is 6.78. The Bertz CT molecular complexity index is 324. The lowest BCUT2D eigenvalue weighted by Gasteiger charge is -2.20. The molecule has 0 aliphatic carbocycles. The molecule has 0 amide bonds. The second-order valence-corrected chi connectivity index (χ2v) is 5.53. The van der Waals surface area contributed by atoms with Crippen LogP contribution in [-0.2, 0) is 6.54 Å². The minimum Gasteiger partial charge on any atom is -0.309 e. The van der Waals surface area contributed by atoms with Gasteiger partial charge in [-0.1, -0.05) is 0 Å². The topological polar surface area (TPSA) is 28.2 Å². The van der Waals surface area contributed by atoms with Gasteiger partial charge in [0.25, 0.3) is 0 Å². The second kappa shape index (κ2) is 5.75. The Kier molecular flexibility index (Phi) is 4.32. The molecule has 1 unspecified atom stereocenters. The number of hydrogen-bond donors (Lipinski definition) is 1. The standard InChI is InChI=1S/C12H21N3S/c1-10-9-16-12(14-10)8-13-5-7-15-6-3-4-11(15)2/h9,11,13H,3-8H2,1-2H3. The molecule has 1 aromatic heterocycles. The zero-order valence-electron chi connectivity index (χ0n) is 10.2. The summed E-state index contributed by atoms with van der Waals surface area (Å²) < 4.78 is 0. The van der Waals surface area contributed by atoms with Crippen LogP contribution in [0.5, 0.6) is 0 Å². The number of rotatable bonds is 5. The van der Waals surface area contributed by atoms with Gasteiger partial charge in [-0.15, -0.1) is 11.3 Å². The molecule has 3 nitrogen and oxygen atoms in total. The van der Waals surface area contributed by atoms with Gasteiger partial charge in [0.2, 0.25) is 0 Å². The molecule has 0 aromatic carbocycles. The number of aromatic nitrogens is 1. The first-order valence-corrected chi connectivity index (χ1v) is 6.99. The summed E-state index contributed by atoms with van der Waals surface area (Å²) in [6.45, 7) is 8.82. The summed E-state index contributed by atoms with van der Waals surface area (Å²) in [7, 11) is 0. The van der Waals surface area contributed by atoms with Crippen molar-refractivity contribution >= 4 is 11.3 Å². The molecule has 2 heterocycles. The predicted molar refractivity (Wildman–Crippen MR) is 68.8 cm³/mol. The van der Waals surface area contributed by atoms with E-state index in [1.165, 1.54) is 30.9 Å². The lowest BCUT2D eigenvalue weighted by atomic mass is 10.2. The van der Waals surface area contributed by atoms with E-state index in [1.807, 2.05) is 6.92 Å². The monoisotopic (exact) mass is 239 g/mol. The highest BCUT2D eigenvalue weighted by molar-refractivity contribution is 7.09. The minimum atomic E-state index is 0.781. The third-order valence-corrected chi connectivity index (χ3v) is 4.18. The van der Waals surface area contributed by atoms with E-state index < -0.39 is 0 Å². The molecule has 2 rings (SSSR count). The summed E-state index contributed by atoms with van der Waals surface area (Å²) in [4.78, 5) is 7.01. The maximum absolute atomic E-state index is 4.44. The summed E-state index contributed by atoms with van der Waals surface area (Å²) >= 11 is 1.75. The molecule has 0 radical (unpaired) electrons. The maximum atomic E-state index is 4.44. The van der Waals surface area contributed by atoms with Crippen molar-refractivity contribution < 1.29 is 0 Å². The van der Waals surface area contributed by atoms with E-state index in [0.29, 0.717) is 0 Å². The molecule has 0 spiro atoms. The van der Waals surface area contributed by atoms with E-state index in [4.69, 9.17) is 0 Å². The third kappa shape index (κ3) is 3.27. The SMILES string of the molecule is Cc1csc(CNCCN2CCCC2C)n1. The van der Waals surface area contributed by atoms with Crippen LogP contribution in [0.3, 0.4) is 0 Å². The van der Waals surface area contributed by atoms with E-state index in [1.54, 1.807) is 11.3 Å². The average molecular weight is 239 g/mol. The first-order valence-electron chi connectivity index (χ1n) is 6.11. The summed E-state index contributed by atoms with van der Waals surface area (Å²) in [5.74, 6) is 0. The van der Waals surface area contributed by atoms with Gasteiger partial charge in [0, 0.05) is 36.8 Å². The number of thiazole rings is 1. The van der Waals surface area contributed by atoms with Crippen LogP contribution in [0.1, 0.15) is 30.5 Å². The van der Waals surface area contributed by atoms with Gasteiger partial charge in [0.05, 0.1) is 0 Å². The van der Waals surface area contributed by atoms with Gasteiger partial charge in [-0.2, -0.15) is 0 Å². The summed E-state index contributed by atoms with van der Waals surface area (Å²) in [6, 6.07) is 0.781. The van der Waals surface area contributed by atoms with Crippen molar-refractivity contribution in [1.29, 1.82) is 0 Å². The Morgan fingerprint density at radius 1 is 1.62 bits per heavy atom. The zero-order valence-corrected chi connectivity index (χ0v) is 11.0. The van der Waals surface area contributed by atoms with E-state index in [0.717, 1.165) is 24.8 Å². The predicted octanol–water partition coefficient (Wildman–Crippen LogP) is 2.03. The van der Waals surface area contributed by atoms with Crippen LogP contribution < -0.4 is 5.32 Å². The highest BCUT2D eigenvalue weighted by Gasteiger charge is 2.18. The molecule has 90 valence electrons. The van der Waals surface area contributed by atoms with Crippen molar-refractivity contribution in [1.82, 2.24) is 15.2 Å². The Labute approximate surface area is 102 Å². The van der Waals surface area contributed by atoms with Crippen LogP contribution in [-0.4, -0.2) is 35.6 Å². The van der Waals surface area contributed by atoms with Crippen LogP contribution in [0.25, 0.3) is 0 Å². The second-order valence-electron chi connectivity index (χ2n) is 4.59. The van der Waals surface area contributed by atoms with E-state index in [-0.39, 0.29) is 0 Å².